The lowest BCUT2D eigenvalue weighted by molar-refractivity contribution is -0.149. The van der Waals surface area contributed by atoms with Gasteiger partial charge in [-0.05, 0) is 6.42 Å². The molecule has 0 radical (unpaired) electrons. The summed E-state index contributed by atoms with van der Waals surface area (Å²) in [5.41, 5.74) is 0. The van der Waals surface area contributed by atoms with E-state index < -0.39 is 12.1 Å². The van der Waals surface area contributed by atoms with Crippen LogP contribution in [0.3, 0.4) is 0 Å². The molecule has 0 spiro atoms. The number of ketones is 1. The fourth-order valence-electron chi connectivity index (χ4n) is 1.70. The van der Waals surface area contributed by atoms with Crippen molar-refractivity contribution in [3.8, 4) is 0 Å². The highest BCUT2D eigenvalue weighted by Crippen LogP contribution is 2.10. The highest BCUT2D eigenvalue weighted by Gasteiger charge is 2.17. The smallest absolute Gasteiger partial charge is 0.302 e. The van der Waals surface area contributed by atoms with Gasteiger partial charge in [-0.1, -0.05) is 19.8 Å². The average molecular weight is 272 g/mol. The molecule has 0 aromatic rings. The van der Waals surface area contributed by atoms with Crippen LogP contribution in [0.4, 0.5) is 0 Å². The van der Waals surface area contributed by atoms with E-state index in [0.29, 0.717) is 12.8 Å². The van der Waals surface area contributed by atoms with E-state index in [1.165, 1.54) is 13.8 Å². The van der Waals surface area contributed by atoms with Crippen molar-refractivity contribution in [1.82, 2.24) is 0 Å². The van der Waals surface area contributed by atoms with Crippen molar-refractivity contribution in [3.05, 3.63) is 0 Å². The first kappa shape index (κ1) is 17.6. The minimum Gasteiger partial charge on any atom is -0.466 e. The van der Waals surface area contributed by atoms with E-state index in [9.17, 15) is 14.4 Å². The number of ether oxygens (including phenoxy) is 2. The highest BCUT2D eigenvalue weighted by atomic mass is 16.6. The minimum atomic E-state index is -0.494. The second kappa shape index (κ2) is 10.5. The third kappa shape index (κ3) is 11.4. The molecule has 0 aromatic heterocycles. The Morgan fingerprint density at radius 3 is 2.26 bits per heavy atom. The summed E-state index contributed by atoms with van der Waals surface area (Å²) in [6, 6.07) is 0. The molecule has 0 fully saturated rings. The molecule has 0 aliphatic heterocycles. The van der Waals surface area contributed by atoms with Crippen LogP contribution in [-0.2, 0) is 23.9 Å². The molecule has 0 heterocycles. The Hall–Kier alpha value is -1.39. The van der Waals surface area contributed by atoms with E-state index in [-0.39, 0.29) is 24.8 Å². The van der Waals surface area contributed by atoms with E-state index >= 15 is 0 Å². The topological polar surface area (TPSA) is 69.7 Å². The highest BCUT2D eigenvalue weighted by molar-refractivity contribution is 5.79. The number of unbranched alkanes of at least 4 members (excludes halogenated alkanes) is 2. The van der Waals surface area contributed by atoms with Crippen molar-refractivity contribution >= 4 is 17.7 Å². The lowest BCUT2D eigenvalue weighted by Gasteiger charge is -2.16. The molecule has 1 unspecified atom stereocenters. The molecule has 5 nitrogen and oxygen atoms in total. The van der Waals surface area contributed by atoms with Crippen LogP contribution in [0.1, 0.15) is 59.3 Å². The maximum absolute atomic E-state index is 11.7. The summed E-state index contributed by atoms with van der Waals surface area (Å²) in [5.74, 6) is -0.715. The largest absolute Gasteiger partial charge is 0.466 e. The van der Waals surface area contributed by atoms with Gasteiger partial charge in [-0.2, -0.15) is 0 Å². The molecule has 0 saturated carbocycles. The first-order valence-electron chi connectivity index (χ1n) is 6.78. The molecule has 0 aliphatic carbocycles. The van der Waals surface area contributed by atoms with Crippen molar-refractivity contribution in [3.63, 3.8) is 0 Å². The number of Topliss-reactive ketones (excluding diaryl/α,β-unsaturated/α-hetero) is 1. The third-order valence-electron chi connectivity index (χ3n) is 2.59. The Balaban J connectivity index is 4.06. The molecule has 5 heteroatoms. The molecule has 0 amide bonds. The van der Waals surface area contributed by atoms with Crippen LogP contribution < -0.4 is 0 Å². The monoisotopic (exact) mass is 272 g/mol. The van der Waals surface area contributed by atoms with Crippen LogP contribution in [0.5, 0.6) is 0 Å². The Kier molecular flexibility index (Phi) is 9.75. The summed E-state index contributed by atoms with van der Waals surface area (Å²) in [7, 11) is 0. The van der Waals surface area contributed by atoms with Gasteiger partial charge in [0.25, 0.3) is 0 Å². The third-order valence-corrected chi connectivity index (χ3v) is 2.59. The first-order chi connectivity index (χ1) is 8.95. The van der Waals surface area contributed by atoms with E-state index in [4.69, 9.17) is 9.47 Å². The zero-order valence-electron chi connectivity index (χ0n) is 12.1. The fourth-order valence-corrected chi connectivity index (χ4v) is 1.70. The van der Waals surface area contributed by atoms with Crippen molar-refractivity contribution in [2.75, 3.05) is 6.61 Å². The molecule has 0 rings (SSSR count). The summed E-state index contributed by atoms with van der Waals surface area (Å²) >= 11 is 0. The van der Waals surface area contributed by atoms with Crippen molar-refractivity contribution < 1.29 is 23.9 Å². The standard InChI is InChI=1S/C14H24O5/c1-4-5-6-7-13(17)10-14(19-12(3)16)8-9-18-11(2)15/h14H,4-10H2,1-3H3. The van der Waals surface area contributed by atoms with Gasteiger partial charge in [0.1, 0.15) is 11.9 Å². The van der Waals surface area contributed by atoms with Crippen molar-refractivity contribution in [1.29, 1.82) is 0 Å². The van der Waals surface area contributed by atoms with Gasteiger partial charge in [0.05, 0.1) is 6.61 Å². The van der Waals surface area contributed by atoms with Crippen LogP contribution in [0.2, 0.25) is 0 Å². The molecule has 0 aliphatic rings. The zero-order valence-corrected chi connectivity index (χ0v) is 12.1. The molecule has 110 valence electrons. The maximum atomic E-state index is 11.7. The molecule has 0 bridgehead atoms. The minimum absolute atomic E-state index is 0.0857. The molecule has 19 heavy (non-hydrogen) atoms. The average Bonchev–Trinajstić information content (AvgIpc) is 2.27. The predicted molar refractivity (Wildman–Crippen MR) is 70.6 cm³/mol. The van der Waals surface area contributed by atoms with Gasteiger partial charge in [-0.25, -0.2) is 0 Å². The first-order valence-corrected chi connectivity index (χ1v) is 6.78. The molecule has 1 atom stereocenters. The quantitative estimate of drug-likeness (QED) is 0.451. The van der Waals surface area contributed by atoms with Crippen LogP contribution >= 0.6 is 0 Å². The molecule has 0 N–H and O–H groups in total. The number of hydrogen-bond donors (Lipinski definition) is 0. The number of hydrogen-bond acceptors (Lipinski definition) is 5. The molecule has 0 saturated heterocycles. The van der Waals surface area contributed by atoms with E-state index in [0.717, 1.165) is 19.3 Å². The SMILES string of the molecule is CCCCCC(=O)CC(CCOC(C)=O)OC(C)=O. The number of carbonyl (C=O) groups is 3. The molecular weight excluding hydrogens is 248 g/mol. The predicted octanol–water partition coefficient (Wildman–Crippen LogP) is 2.41. The van der Waals surface area contributed by atoms with Crippen LogP contribution in [0, 0.1) is 0 Å². The normalized spacial score (nSPS) is 11.7. The van der Waals surface area contributed by atoms with Gasteiger partial charge in [-0.3, -0.25) is 14.4 Å². The van der Waals surface area contributed by atoms with Gasteiger partial charge in [-0.15, -0.1) is 0 Å². The van der Waals surface area contributed by atoms with Gasteiger partial charge in [0.15, 0.2) is 0 Å². The number of carbonyl (C=O) groups excluding carboxylic acids is 3. The lowest BCUT2D eigenvalue weighted by atomic mass is 10.0. The Morgan fingerprint density at radius 2 is 1.74 bits per heavy atom. The van der Waals surface area contributed by atoms with Crippen molar-refractivity contribution in [2.45, 2.75) is 65.4 Å². The van der Waals surface area contributed by atoms with Gasteiger partial charge >= 0.3 is 11.9 Å². The van der Waals surface area contributed by atoms with Crippen LogP contribution in [0.15, 0.2) is 0 Å². The fraction of sp³-hybridized carbons (Fsp3) is 0.786. The van der Waals surface area contributed by atoms with Gasteiger partial charge in [0.2, 0.25) is 0 Å². The zero-order chi connectivity index (χ0) is 14.7. The van der Waals surface area contributed by atoms with Gasteiger partial charge < -0.3 is 9.47 Å². The summed E-state index contributed by atoms with van der Waals surface area (Å²) in [5, 5.41) is 0. The van der Waals surface area contributed by atoms with Crippen LogP contribution in [-0.4, -0.2) is 30.4 Å². The summed E-state index contributed by atoms with van der Waals surface area (Å²) < 4.78 is 9.85. The molecular formula is C14H24O5. The van der Waals surface area contributed by atoms with Crippen LogP contribution in [0.25, 0.3) is 0 Å². The summed E-state index contributed by atoms with van der Waals surface area (Å²) in [4.78, 5) is 33.3. The maximum Gasteiger partial charge on any atom is 0.302 e. The summed E-state index contributed by atoms with van der Waals surface area (Å²) in [6.45, 7) is 4.86. The number of esters is 2. The Morgan fingerprint density at radius 1 is 1.05 bits per heavy atom. The van der Waals surface area contributed by atoms with Gasteiger partial charge in [0, 0.05) is 33.1 Å². The Bertz CT molecular complexity index is 298. The molecule has 0 aromatic carbocycles. The van der Waals surface area contributed by atoms with E-state index in [1.807, 2.05) is 0 Å². The van der Waals surface area contributed by atoms with Crippen molar-refractivity contribution in [2.24, 2.45) is 0 Å². The Labute approximate surface area is 114 Å². The lowest BCUT2D eigenvalue weighted by Crippen LogP contribution is -2.22. The van der Waals surface area contributed by atoms with E-state index in [1.54, 1.807) is 0 Å². The number of rotatable bonds is 10. The summed E-state index contributed by atoms with van der Waals surface area (Å²) in [6.07, 6.45) is 3.53. The second-order valence-electron chi connectivity index (χ2n) is 4.56. The second-order valence-corrected chi connectivity index (χ2v) is 4.56. The van der Waals surface area contributed by atoms with E-state index in [2.05, 4.69) is 6.92 Å².